The third kappa shape index (κ3) is 2.75. The molecule has 86 valence electrons. The number of hydrogen-bond donors (Lipinski definition) is 1. The number of benzene rings is 1. The number of carboxylic acid groups (broad SMARTS) is 1. The Bertz CT molecular complexity index is 563. The second kappa shape index (κ2) is 5.16. The molecule has 1 aromatic heterocycles. The summed E-state index contributed by atoms with van der Waals surface area (Å²) in [5, 5.41) is 9.78. The number of aromatic nitrogens is 2. The minimum Gasteiger partial charge on any atom is -0.478 e. The van der Waals surface area contributed by atoms with Crippen molar-refractivity contribution in [3.8, 4) is 0 Å². The van der Waals surface area contributed by atoms with Gasteiger partial charge in [0.1, 0.15) is 5.03 Å². The second-order valence-electron chi connectivity index (χ2n) is 3.06. The van der Waals surface area contributed by atoms with Crippen LogP contribution in [-0.4, -0.2) is 21.0 Å². The van der Waals surface area contributed by atoms with Crippen molar-refractivity contribution in [2.24, 2.45) is 0 Å². The number of halogens is 1. The van der Waals surface area contributed by atoms with Gasteiger partial charge in [0.15, 0.2) is 5.15 Å². The molecule has 0 saturated heterocycles. The molecule has 0 aliphatic carbocycles. The van der Waals surface area contributed by atoms with Gasteiger partial charge in [-0.1, -0.05) is 35.5 Å². The summed E-state index contributed by atoms with van der Waals surface area (Å²) >= 11 is 7.05. The van der Waals surface area contributed by atoms with Gasteiger partial charge in [-0.2, -0.15) is 0 Å². The predicted octanol–water partition coefficient (Wildman–Crippen LogP) is 2.98. The van der Waals surface area contributed by atoms with Crippen molar-refractivity contribution in [2.75, 3.05) is 0 Å². The Morgan fingerprint density at radius 1 is 1.24 bits per heavy atom. The monoisotopic (exact) mass is 266 g/mol. The number of rotatable bonds is 3. The highest BCUT2D eigenvalue weighted by Gasteiger charge is 2.12. The third-order valence-electron chi connectivity index (χ3n) is 1.95. The summed E-state index contributed by atoms with van der Waals surface area (Å²) < 4.78 is 0. The first kappa shape index (κ1) is 11.9. The minimum absolute atomic E-state index is 0.221. The molecule has 0 aliphatic heterocycles. The van der Waals surface area contributed by atoms with E-state index in [0.717, 1.165) is 0 Å². The van der Waals surface area contributed by atoms with Crippen LogP contribution in [0.3, 0.4) is 0 Å². The van der Waals surface area contributed by atoms with Crippen LogP contribution in [-0.2, 0) is 0 Å². The zero-order chi connectivity index (χ0) is 12.3. The first-order valence-electron chi connectivity index (χ1n) is 4.65. The highest BCUT2D eigenvalue weighted by Crippen LogP contribution is 2.32. The van der Waals surface area contributed by atoms with Gasteiger partial charge >= 0.3 is 5.97 Å². The lowest BCUT2D eigenvalue weighted by atomic mass is 10.2. The van der Waals surface area contributed by atoms with Gasteiger partial charge in [-0.15, -0.1) is 0 Å². The van der Waals surface area contributed by atoms with Gasteiger partial charge in [-0.3, -0.25) is 0 Å². The topological polar surface area (TPSA) is 63.1 Å². The fourth-order valence-electron chi connectivity index (χ4n) is 1.21. The Hall–Kier alpha value is -1.59. The van der Waals surface area contributed by atoms with Gasteiger partial charge in [0, 0.05) is 17.3 Å². The maximum Gasteiger partial charge on any atom is 0.336 e. The number of aromatic carboxylic acids is 1. The fourth-order valence-corrected chi connectivity index (χ4v) is 2.30. The maximum atomic E-state index is 11.0. The van der Waals surface area contributed by atoms with E-state index in [-0.39, 0.29) is 10.7 Å². The van der Waals surface area contributed by atoms with Crippen LogP contribution in [0.2, 0.25) is 5.15 Å². The molecule has 0 bridgehead atoms. The number of carboxylic acids is 1. The summed E-state index contributed by atoms with van der Waals surface area (Å²) in [4.78, 5) is 19.5. The van der Waals surface area contributed by atoms with Gasteiger partial charge in [0.05, 0.1) is 5.56 Å². The van der Waals surface area contributed by atoms with Crippen molar-refractivity contribution >= 4 is 29.3 Å². The van der Waals surface area contributed by atoms with Crippen LogP contribution in [0.5, 0.6) is 0 Å². The highest BCUT2D eigenvalue weighted by molar-refractivity contribution is 7.99. The largest absolute Gasteiger partial charge is 0.478 e. The molecule has 4 nitrogen and oxygen atoms in total. The Morgan fingerprint density at radius 2 is 1.94 bits per heavy atom. The molecule has 17 heavy (non-hydrogen) atoms. The van der Waals surface area contributed by atoms with Gasteiger partial charge in [0.25, 0.3) is 0 Å². The van der Waals surface area contributed by atoms with Crippen LogP contribution < -0.4 is 0 Å². The normalized spacial score (nSPS) is 10.2. The van der Waals surface area contributed by atoms with Crippen LogP contribution in [0.1, 0.15) is 10.4 Å². The van der Waals surface area contributed by atoms with Gasteiger partial charge in [0.2, 0.25) is 0 Å². The molecule has 0 radical (unpaired) electrons. The van der Waals surface area contributed by atoms with Crippen molar-refractivity contribution in [3.05, 3.63) is 47.4 Å². The van der Waals surface area contributed by atoms with Gasteiger partial charge in [-0.05, 0) is 12.1 Å². The molecule has 0 atom stereocenters. The first-order chi connectivity index (χ1) is 8.18. The molecular weight excluding hydrogens is 260 g/mol. The molecule has 6 heteroatoms. The Morgan fingerprint density at radius 3 is 2.65 bits per heavy atom. The summed E-state index contributed by atoms with van der Waals surface area (Å²) in [5.74, 6) is -0.979. The molecule has 1 N–H and O–H groups in total. The van der Waals surface area contributed by atoms with Crippen LogP contribution in [0.4, 0.5) is 0 Å². The lowest BCUT2D eigenvalue weighted by molar-refractivity contribution is 0.0693. The Balaban J connectivity index is 2.37. The quantitative estimate of drug-likeness (QED) is 0.925. The summed E-state index contributed by atoms with van der Waals surface area (Å²) in [7, 11) is 0. The van der Waals surface area contributed by atoms with E-state index in [1.165, 1.54) is 30.2 Å². The van der Waals surface area contributed by atoms with Gasteiger partial charge < -0.3 is 5.11 Å². The average molecular weight is 267 g/mol. The van der Waals surface area contributed by atoms with E-state index in [0.29, 0.717) is 9.92 Å². The fraction of sp³-hybridized carbons (Fsp3) is 0. The number of carbonyl (C=O) groups is 1. The molecular formula is C11H7ClN2O2S. The van der Waals surface area contributed by atoms with E-state index in [4.69, 9.17) is 16.7 Å². The molecule has 0 saturated carbocycles. The van der Waals surface area contributed by atoms with E-state index in [1.807, 2.05) is 0 Å². The molecule has 1 heterocycles. The van der Waals surface area contributed by atoms with Crippen molar-refractivity contribution in [2.45, 2.75) is 9.92 Å². The zero-order valence-corrected chi connectivity index (χ0v) is 10.1. The molecule has 0 amide bonds. The maximum absolute atomic E-state index is 11.0. The summed E-state index contributed by atoms with van der Waals surface area (Å²) in [6.07, 6.45) is 2.99. The zero-order valence-electron chi connectivity index (χ0n) is 8.50. The van der Waals surface area contributed by atoms with E-state index in [9.17, 15) is 4.79 Å². The lowest BCUT2D eigenvalue weighted by Crippen LogP contribution is -1.98. The predicted molar refractivity (Wildman–Crippen MR) is 64.6 cm³/mol. The smallest absolute Gasteiger partial charge is 0.336 e. The SMILES string of the molecule is O=C(O)c1ccccc1Sc1nccnc1Cl. The Kier molecular flexibility index (Phi) is 3.61. The number of nitrogens with zero attached hydrogens (tertiary/aromatic N) is 2. The molecule has 0 spiro atoms. The highest BCUT2D eigenvalue weighted by atomic mass is 35.5. The van der Waals surface area contributed by atoms with Crippen molar-refractivity contribution in [3.63, 3.8) is 0 Å². The molecule has 2 rings (SSSR count). The lowest BCUT2D eigenvalue weighted by Gasteiger charge is -2.05. The van der Waals surface area contributed by atoms with Crippen LogP contribution >= 0.6 is 23.4 Å². The van der Waals surface area contributed by atoms with E-state index >= 15 is 0 Å². The van der Waals surface area contributed by atoms with Crippen LogP contribution in [0.25, 0.3) is 0 Å². The van der Waals surface area contributed by atoms with E-state index in [2.05, 4.69) is 9.97 Å². The van der Waals surface area contributed by atoms with Crippen molar-refractivity contribution in [1.29, 1.82) is 0 Å². The van der Waals surface area contributed by atoms with Crippen LogP contribution in [0, 0.1) is 0 Å². The van der Waals surface area contributed by atoms with E-state index < -0.39 is 5.97 Å². The average Bonchev–Trinajstić information content (AvgIpc) is 2.32. The minimum atomic E-state index is -0.979. The second-order valence-corrected chi connectivity index (χ2v) is 4.44. The molecule has 0 aliphatic rings. The standard InChI is InChI=1S/C11H7ClN2O2S/c12-9-10(14-6-5-13-9)17-8-4-2-1-3-7(8)11(15)16/h1-6H,(H,15,16). The molecule has 1 aromatic carbocycles. The summed E-state index contributed by atoms with van der Waals surface area (Å²) in [6, 6.07) is 6.68. The summed E-state index contributed by atoms with van der Waals surface area (Å²) in [6.45, 7) is 0. The van der Waals surface area contributed by atoms with Gasteiger partial charge in [-0.25, -0.2) is 14.8 Å². The van der Waals surface area contributed by atoms with Crippen LogP contribution in [0.15, 0.2) is 46.6 Å². The first-order valence-corrected chi connectivity index (χ1v) is 5.84. The molecule has 0 fully saturated rings. The molecule has 2 aromatic rings. The Labute approximate surface area is 107 Å². The third-order valence-corrected chi connectivity index (χ3v) is 3.40. The van der Waals surface area contributed by atoms with Crippen molar-refractivity contribution < 1.29 is 9.90 Å². The summed E-state index contributed by atoms with van der Waals surface area (Å²) in [5.41, 5.74) is 0.221. The molecule has 0 unspecified atom stereocenters. The number of hydrogen-bond acceptors (Lipinski definition) is 4. The van der Waals surface area contributed by atoms with Crippen molar-refractivity contribution in [1.82, 2.24) is 9.97 Å². The van der Waals surface area contributed by atoms with E-state index in [1.54, 1.807) is 18.2 Å².